The van der Waals surface area contributed by atoms with Crippen LogP contribution in [0.25, 0.3) is 11.0 Å². The van der Waals surface area contributed by atoms with Crippen molar-refractivity contribution in [2.45, 2.75) is 18.8 Å². The summed E-state index contributed by atoms with van der Waals surface area (Å²) in [6, 6.07) is 11.0. The van der Waals surface area contributed by atoms with Crippen molar-refractivity contribution in [2.24, 2.45) is 0 Å². The second kappa shape index (κ2) is 8.93. The number of hydrogen-bond acceptors (Lipinski definition) is 5. The Balaban J connectivity index is 1.32. The molecule has 0 aliphatic carbocycles. The van der Waals surface area contributed by atoms with E-state index in [1.807, 2.05) is 18.2 Å². The molecule has 0 saturated carbocycles. The summed E-state index contributed by atoms with van der Waals surface area (Å²) in [5, 5.41) is 3.63. The van der Waals surface area contributed by atoms with Gasteiger partial charge in [-0.05, 0) is 56.3 Å². The van der Waals surface area contributed by atoms with Crippen LogP contribution in [-0.2, 0) is 4.79 Å². The molecule has 0 atom stereocenters. The molecule has 158 valence electrons. The van der Waals surface area contributed by atoms with Crippen LogP contribution >= 0.6 is 11.6 Å². The molecule has 0 radical (unpaired) electrons. The first-order valence-corrected chi connectivity index (χ1v) is 10.3. The summed E-state index contributed by atoms with van der Waals surface area (Å²) >= 11 is 6.07. The largest absolute Gasteiger partial charge is 0.497 e. The minimum absolute atomic E-state index is 0.0599. The summed E-state index contributed by atoms with van der Waals surface area (Å²) in [6.45, 7) is 2.03. The molecule has 2 heterocycles. The second-order valence-corrected chi connectivity index (χ2v) is 7.88. The molecule has 3 aromatic rings. The summed E-state index contributed by atoms with van der Waals surface area (Å²) in [5.41, 5.74) is 2.54. The number of piperidine rings is 1. The van der Waals surface area contributed by atoms with Crippen LogP contribution in [0.5, 0.6) is 11.5 Å². The summed E-state index contributed by atoms with van der Waals surface area (Å²) in [6.07, 6.45) is 1.90. The number of methoxy groups -OCH3 is 2. The normalized spacial score (nSPS) is 15.3. The molecule has 4 rings (SSSR count). The van der Waals surface area contributed by atoms with Crippen LogP contribution in [-0.4, -0.2) is 54.6 Å². The highest BCUT2D eigenvalue weighted by molar-refractivity contribution is 6.31. The van der Waals surface area contributed by atoms with E-state index in [4.69, 9.17) is 26.1 Å². The fourth-order valence-corrected chi connectivity index (χ4v) is 4.03. The predicted molar refractivity (Wildman–Crippen MR) is 118 cm³/mol. The summed E-state index contributed by atoms with van der Waals surface area (Å²) in [7, 11) is 3.17. The number of H-pyrrole nitrogens is 1. The van der Waals surface area contributed by atoms with E-state index < -0.39 is 0 Å². The molecule has 0 spiro atoms. The summed E-state index contributed by atoms with van der Waals surface area (Å²) in [4.78, 5) is 22.8. The number of carbonyl (C=O) groups is 1. The average molecular weight is 429 g/mol. The van der Waals surface area contributed by atoms with Crippen LogP contribution in [0.15, 0.2) is 36.4 Å². The van der Waals surface area contributed by atoms with Gasteiger partial charge in [-0.1, -0.05) is 11.6 Å². The Hall–Kier alpha value is -2.77. The van der Waals surface area contributed by atoms with Crippen molar-refractivity contribution in [1.82, 2.24) is 14.9 Å². The maximum absolute atomic E-state index is 12.5. The van der Waals surface area contributed by atoms with Gasteiger partial charge >= 0.3 is 0 Å². The number of nitrogens with one attached hydrogen (secondary N) is 2. The van der Waals surface area contributed by atoms with Crippen molar-refractivity contribution in [3.05, 3.63) is 47.2 Å². The number of rotatable bonds is 6. The van der Waals surface area contributed by atoms with Gasteiger partial charge in [0.2, 0.25) is 5.91 Å². The predicted octanol–water partition coefficient (Wildman–Crippen LogP) is 4.05. The second-order valence-electron chi connectivity index (χ2n) is 7.45. The van der Waals surface area contributed by atoms with Gasteiger partial charge in [0, 0.05) is 17.0 Å². The zero-order valence-electron chi connectivity index (χ0n) is 17.1. The van der Waals surface area contributed by atoms with Crippen LogP contribution in [0.3, 0.4) is 0 Å². The topological polar surface area (TPSA) is 79.5 Å². The number of halogens is 1. The van der Waals surface area contributed by atoms with Gasteiger partial charge in [-0.25, -0.2) is 4.98 Å². The highest BCUT2D eigenvalue weighted by Gasteiger charge is 2.24. The highest BCUT2D eigenvalue weighted by Crippen LogP contribution is 2.30. The Kier molecular flexibility index (Phi) is 6.11. The van der Waals surface area contributed by atoms with Crippen LogP contribution in [0.1, 0.15) is 24.6 Å². The molecule has 30 heavy (non-hydrogen) atoms. The Morgan fingerprint density at radius 2 is 2.00 bits per heavy atom. The Morgan fingerprint density at radius 1 is 1.20 bits per heavy atom. The number of carbonyl (C=O) groups excluding carboxylic acids is 1. The standard InChI is InChI=1S/C22H25ClN4O3/c1-29-16-4-6-18(20(12-16)30-2)24-21(28)13-27-9-7-14(8-10-27)22-25-17-5-3-15(23)11-19(17)26-22/h3-6,11-12,14H,7-10,13H2,1-2H3,(H,24,28)(H,25,26). The molecule has 1 amide bonds. The number of nitrogens with zero attached hydrogens (tertiary/aromatic N) is 2. The van der Waals surface area contributed by atoms with E-state index in [-0.39, 0.29) is 5.91 Å². The maximum Gasteiger partial charge on any atom is 0.238 e. The van der Waals surface area contributed by atoms with E-state index in [2.05, 4.69) is 15.2 Å². The molecule has 8 heteroatoms. The number of aromatic nitrogens is 2. The molecule has 7 nitrogen and oxygen atoms in total. The smallest absolute Gasteiger partial charge is 0.238 e. The third kappa shape index (κ3) is 4.52. The van der Waals surface area contributed by atoms with Crippen molar-refractivity contribution >= 4 is 34.2 Å². The van der Waals surface area contributed by atoms with Crippen molar-refractivity contribution in [2.75, 3.05) is 39.2 Å². The summed E-state index contributed by atoms with van der Waals surface area (Å²) < 4.78 is 10.5. The Bertz CT molecular complexity index is 1040. The van der Waals surface area contributed by atoms with Gasteiger partial charge in [0.15, 0.2) is 0 Å². The van der Waals surface area contributed by atoms with Gasteiger partial charge in [0.1, 0.15) is 17.3 Å². The average Bonchev–Trinajstić information content (AvgIpc) is 3.17. The SMILES string of the molecule is COc1ccc(NC(=O)CN2CCC(c3nc4ccc(Cl)cc4[nH]3)CC2)c(OC)c1. The van der Waals surface area contributed by atoms with E-state index in [1.165, 1.54) is 0 Å². The Morgan fingerprint density at radius 3 is 2.73 bits per heavy atom. The van der Waals surface area contributed by atoms with Crippen LogP contribution in [0.4, 0.5) is 5.69 Å². The van der Waals surface area contributed by atoms with E-state index in [9.17, 15) is 4.79 Å². The van der Waals surface area contributed by atoms with Gasteiger partial charge in [-0.3, -0.25) is 9.69 Å². The molecule has 2 N–H and O–H groups in total. The number of benzene rings is 2. The monoisotopic (exact) mass is 428 g/mol. The summed E-state index contributed by atoms with van der Waals surface area (Å²) in [5.74, 6) is 2.55. The number of ether oxygens (including phenoxy) is 2. The molecule has 0 unspecified atom stereocenters. The molecule has 1 aliphatic heterocycles. The number of imidazole rings is 1. The third-order valence-electron chi connectivity index (χ3n) is 5.49. The molecule has 1 aliphatic rings. The van der Waals surface area contributed by atoms with Crippen LogP contribution in [0, 0.1) is 0 Å². The van der Waals surface area contributed by atoms with Gasteiger partial charge in [0.05, 0.1) is 37.5 Å². The quantitative estimate of drug-likeness (QED) is 0.619. The lowest BCUT2D eigenvalue weighted by Gasteiger charge is -2.30. The lowest BCUT2D eigenvalue weighted by atomic mass is 9.96. The zero-order chi connectivity index (χ0) is 21.1. The maximum atomic E-state index is 12.5. The first kappa shape index (κ1) is 20.5. The van der Waals surface area contributed by atoms with Crippen molar-refractivity contribution < 1.29 is 14.3 Å². The number of amides is 1. The lowest BCUT2D eigenvalue weighted by Crippen LogP contribution is -2.38. The Labute approximate surface area is 180 Å². The van der Waals surface area contributed by atoms with E-state index in [0.717, 1.165) is 42.8 Å². The highest BCUT2D eigenvalue weighted by atomic mass is 35.5. The fraction of sp³-hybridized carbons (Fsp3) is 0.364. The number of hydrogen-bond donors (Lipinski definition) is 2. The third-order valence-corrected chi connectivity index (χ3v) is 5.72. The van der Waals surface area contributed by atoms with E-state index >= 15 is 0 Å². The van der Waals surface area contributed by atoms with Crippen LogP contribution in [0.2, 0.25) is 5.02 Å². The zero-order valence-corrected chi connectivity index (χ0v) is 17.8. The molecule has 1 saturated heterocycles. The number of anilines is 1. The van der Waals surface area contributed by atoms with Gasteiger partial charge in [0.25, 0.3) is 0 Å². The molecule has 0 bridgehead atoms. The lowest BCUT2D eigenvalue weighted by molar-refractivity contribution is -0.117. The van der Waals surface area contributed by atoms with Crippen molar-refractivity contribution in [3.8, 4) is 11.5 Å². The number of fused-ring (bicyclic) bond motifs is 1. The molecule has 1 fully saturated rings. The van der Waals surface area contributed by atoms with E-state index in [1.54, 1.807) is 32.4 Å². The minimum atomic E-state index is -0.0599. The molecule has 1 aromatic heterocycles. The molecular formula is C22H25ClN4O3. The number of likely N-dealkylation sites (tertiary alicyclic amines) is 1. The van der Waals surface area contributed by atoms with Crippen LogP contribution < -0.4 is 14.8 Å². The van der Waals surface area contributed by atoms with Gasteiger partial charge < -0.3 is 19.8 Å². The van der Waals surface area contributed by atoms with Crippen molar-refractivity contribution in [3.63, 3.8) is 0 Å². The van der Waals surface area contributed by atoms with Gasteiger partial charge in [-0.15, -0.1) is 0 Å². The van der Waals surface area contributed by atoms with Crippen molar-refractivity contribution in [1.29, 1.82) is 0 Å². The molecule has 2 aromatic carbocycles. The van der Waals surface area contributed by atoms with Gasteiger partial charge in [-0.2, -0.15) is 0 Å². The number of aromatic amines is 1. The minimum Gasteiger partial charge on any atom is -0.497 e. The molecular weight excluding hydrogens is 404 g/mol. The first-order valence-electron chi connectivity index (χ1n) is 9.95. The van der Waals surface area contributed by atoms with E-state index in [0.29, 0.717) is 34.7 Å². The fourth-order valence-electron chi connectivity index (χ4n) is 3.85. The first-order chi connectivity index (χ1) is 14.6.